The van der Waals surface area contributed by atoms with Gasteiger partial charge in [-0.3, -0.25) is 0 Å². The molecule has 1 N–H and O–H groups in total. The molecule has 2 heterocycles. The van der Waals surface area contributed by atoms with Crippen molar-refractivity contribution in [2.75, 3.05) is 60.0 Å². The Morgan fingerprint density at radius 2 is 2.11 bits per heavy atom. The molecule has 0 aromatic heterocycles. The molecular weight excluding hydrogens is 238 g/mol. The predicted octanol–water partition coefficient (Wildman–Crippen LogP) is 1.03. The molecule has 2 unspecified atom stereocenters. The highest BCUT2D eigenvalue weighted by Crippen LogP contribution is 2.29. The molecular formula is C15H31N3O. The summed E-state index contributed by atoms with van der Waals surface area (Å²) in [5.74, 6) is 0.925. The fourth-order valence-corrected chi connectivity index (χ4v) is 3.66. The molecule has 2 fully saturated rings. The van der Waals surface area contributed by atoms with Crippen LogP contribution in [-0.2, 0) is 4.74 Å². The summed E-state index contributed by atoms with van der Waals surface area (Å²) in [5, 5.41) is 3.43. The van der Waals surface area contributed by atoms with Gasteiger partial charge in [0.05, 0.1) is 6.61 Å². The van der Waals surface area contributed by atoms with E-state index in [0.29, 0.717) is 0 Å². The molecule has 0 aliphatic carbocycles. The average Bonchev–Trinajstić information content (AvgIpc) is 2.43. The second kappa shape index (κ2) is 8.20. The van der Waals surface area contributed by atoms with Crippen molar-refractivity contribution in [2.45, 2.75) is 31.7 Å². The van der Waals surface area contributed by atoms with Crippen LogP contribution in [0.15, 0.2) is 0 Å². The Morgan fingerprint density at radius 3 is 2.95 bits per heavy atom. The molecule has 2 aliphatic heterocycles. The van der Waals surface area contributed by atoms with Crippen molar-refractivity contribution in [3.63, 3.8) is 0 Å². The third kappa shape index (κ3) is 4.71. The second-order valence-corrected chi connectivity index (χ2v) is 6.14. The second-order valence-electron chi connectivity index (χ2n) is 6.14. The van der Waals surface area contributed by atoms with Crippen LogP contribution in [0.25, 0.3) is 0 Å². The third-order valence-electron chi connectivity index (χ3n) is 4.74. The summed E-state index contributed by atoms with van der Waals surface area (Å²) in [6.45, 7) is 8.10. The van der Waals surface area contributed by atoms with E-state index in [2.05, 4.69) is 22.2 Å². The molecule has 0 saturated carbocycles. The first-order valence-corrected chi connectivity index (χ1v) is 7.93. The van der Waals surface area contributed by atoms with Crippen molar-refractivity contribution < 1.29 is 4.74 Å². The lowest BCUT2D eigenvalue weighted by Crippen LogP contribution is -2.52. The molecule has 0 bridgehead atoms. The van der Waals surface area contributed by atoms with Crippen molar-refractivity contribution >= 4 is 0 Å². The molecule has 2 rings (SSSR count). The van der Waals surface area contributed by atoms with Gasteiger partial charge in [0, 0.05) is 26.2 Å². The zero-order valence-electron chi connectivity index (χ0n) is 12.7. The van der Waals surface area contributed by atoms with Crippen LogP contribution in [0, 0.1) is 5.92 Å². The van der Waals surface area contributed by atoms with Gasteiger partial charge in [-0.1, -0.05) is 0 Å². The van der Waals surface area contributed by atoms with Gasteiger partial charge in [0.15, 0.2) is 0 Å². The van der Waals surface area contributed by atoms with Gasteiger partial charge in [-0.2, -0.15) is 0 Å². The number of methoxy groups -OCH3 is 1. The van der Waals surface area contributed by atoms with Gasteiger partial charge in [-0.05, 0) is 64.8 Å². The van der Waals surface area contributed by atoms with E-state index in [-0.39, 0.29) is 0 Å². The molecule has 19 heavy (non-hydrogen) atoms. The quantitative estimate of drug-likeness (QED) is 0.699. The molecule has 0 amide bonds. The summed E-state index contributed by atoms with van der Waals surface area (Å²) < 4.78 is 5.03. The number of ether oxygens (including phenoxy) is 1. The van der Waals surface area contributed by atoms with E-state index < -0.39 is 0 Å². The Labute approximate surface area is 118 Å². The van der Waals surface area contributed by atoms with Gasteiger partial charge >= 0.3 is 0 Å². The van der Waals surface area contributed by atoms with E-state index >= 15 is 0 Å². The highest BCUT2D eigenvalue weighted by Gasteiger charge is 2.33. The molecule has 4 heteroatoms. The number of hydrogen-bond acceptors (Lipinski definition) is 4. The van der Waals surface area contributed by atoms with Gasteiger partial charge in [0.2, 0.25) is 0 Å². The monoisotopic (exact) mass is 269 g/mol. The van der Waals surface area contributed by atoms with Crippen molar-refractivity contribution in [1.29, 1.82) is 0 Å². The number of nitrogens with zero attached hydrogens (tertiary/aromatic N) is 2. The van der Waals surface area contributed by atoms with Crippen LogP contribution in [0.5, 0.6) is 0 Å². The van der Waals surface area contributed by atoms with Gasteiger partial charge in [0.25, 0.3) is 0 Å². The molecule has 2 aliphatic rings. The SMILES string of the molecule is COCCNCCCN1CCC2C(CCCN2C)C1. The van der Waals surface area contributed by atoms with Gasteiger partial charge in [0.1, 0.15) is 0 Å². The van der Waals surface area contributed by atoms with E-state index in [9.17, 15) is 0 Å². The first-order chi connectivity index (χ1) is 9.31. The fourth-order valence-electron chi connectivity index (χ4n) is 3.66. The van der Waals surface area contributed by atoms with Crippen molar-refractivity contribution in [3.05, 3.63) is 0 Å². The molecule has 112 valence electrons. The summed E-state index contributed by atoms with van der Waals surface area (Å²) >= 11 is 0. The molecule has 4 nitrogen and oxygen atoms in total. The summed E-state index contributed by atoms with van der Waals surface area (Å²) in [6, 6.07) is 0.866. The minimum Gasteiger partial charge on any atom is -0.383 e. The molecule has 0 aromatic rings. The summed E-state index contributed by atoms with van der Waals surface area (Å²) in [5.41, 5.74) is 0. The van der Waals surface area contributed by atoms with E-state index in [0.717, 1.165) is 31.7 Å². The first kappa shape index (κ1) is 15.2. The van der Waals surface area contributed by atoms with E-state index in [1.54, 1.807) is 7.11 Å². The van der Waals surface area contributed by atoms with Crippen molar-refractivity contribution in [3.8, 4) is 0 Å². The average molecular weight is 269 g/mol. The zero-order valence-corrected chi connectivity index (χ0v) is 12.7. The number of likely N-dealkylation sites (tertiary alicyclic amines) is 2. The van der Waals surface area contributed by atoms with Crippen molar-refractivity contribution in [1.82, 2.24) is 15.1 Å². The topological polar surface area (TPSA) is 27.7 Å². The predicted molar refractivity (Wildman–Crippen MR) is 79.6 cm³/mol. The molecule has 0 radical (unpaired) electrons. The minimum atomic E-state index is 0.819. The maximum absolute atomic E-state index is 5.03. The maximum Gasteiger partial charge on any atom is 0.0587 e. The normalized spacial score (nSPS) is 29.4. The van der Waals surface area contributed by atoms with Crippen LogP contribution < -0.4 is 5.32 Å². The Hall–Kier alpha value is -0.160. The third-order valence-corrected chi connectivity index (χ3v) is 4.74. The Kier molecular flexibility index (Phi) is 6.57. The Balaban J connectivity index is 1.59. The number of piperidine rings is 2. The van der Waals surface area contributed by atoms with Gasteiger partial charge in [-0.25, -0.2) is 0 Å². The van der Waals surface area contributed by atoms with Crippen LogP contribution in [0.1, 0.15) is 25.7 Å². The van der Waals surface area contributed by atoms with Crippen molar-refractivity contribution in [2.24, 2.45) is 5.92 Å². The Morgan fingerprint density at radius 1 is 1.21 bits per heavy atom. The largest absolute Gasteiger partial charge is 0.383 e. The maximum atomic E-state index is 5.03. The summed E-state index contributed by atoms with van der Waals surface area (Å²) in [7, 11) is 4.07. The number of hydrogen-bond donors (Lipinski definition) is 1. The highest BCUT2D eigenvalue weighted by atomic mass is 16.5. The lowest BCUT2D eigenvalue weighted by Gasteiger charge is -2.46. The number of nitrogens with one attached hydrogen (secondary N) is 1. The van der Waals surface area contributed by atoms with Gasteiger partial charge < -0.3 is 19.9 Å². The van der Waals surface area contributed by atoms with Crippen LogP contribution in [0.2, 0.25) is 0 Å². The van der Waals surface area contributed by atoms with Crippen LogP contribution in [0.4, 0.5) is 0 Å². The number of fused-ring (bicyclic) bond motifs is 1. The Bertz CT molecular complexity index is 250. The molecule has 2 atom stereocenters. The lowest BCUT2D eigenvalue weighted by molar-refractivity contribution is 0.0382. The van der Waals surface area contributed by atoms with E-state index in [1.807, 2.05) is 0 Å². The fraction of sp³-hybridized carbons (Fsp3) is 1.00. The minimum absolute atomic E-state index is 0.819. The van der Waals surface area contributed by atoms with Crippen LogP contribution in [-0.4, -0.2) is 75.9 Å². The first-order valence-electron chi connectivity index (χ1n) is 7.93. The smallest absolute Gasteiger partial charge is 0.0587 e. The zero-order chi connectivity index (χ0) is 13.5. The lowest BCUT2D eigenvalue weighted by atomic mass is 9.84. The standard InChI is InChI=1S/C15H31N3O/c1-17-9-3-5-14-13-18(11-6-15(14)17)10-4-7-16-8-12-19-2/h14-16H,3-13H2,1-2H3. The van der Waals surface area contributed by atoms with Crippen LogP contribution >= 0.6 is 0 Å². The number of rotatable bonds is 7. The summed E-state index contributed by atoms with van der Waals surface area (Å²) in [6.07, 6.45) is 5.47. The van der Waals surface area contributed by atoms with Crippen LogP contribution in [0.3, 0.4) is 0 Å². The van der Waals surface area contributed by atoms with E-state index in [1.165, 1.54) is 51.9 Å². The highest BCUT2D eigenvalue weighted by molar-refractivity contribution is 4.89. The molecule has 0 aromatic carbocycles. The van der Waals surface area contributed by atoms with Gasteiger partial charge in [-0.15, -0.1) is 0 Å². The molecule has 2 saturated heterocycles. The molecule has 0 spiro atoms. The van der Waals surface area contributed by atoms with E-state index in [4.69, 9.17) is 4.74 Å². The summed E-state index contributed by atoms with van der Waals surface area (Å²) in [4.78, 5) is 5.27.